The molecule has 1 rings (SSSR count). The summed E-state index contributed by atoms with van der Waals surface area (Å²) in [5.74, 6) is -0.594. The Morgan fingerprint density at radius 3 is 2.75 bits per heavy atom. The van der Waals surface area contributed by atoms with Gasteiger partial charge in [0.2, 0.25) is 6.41 Å². The molecule has 0 heterocycles. The predicted octanol–water partition coefficient (Wildman–Crippen LogP) is 1.05. The zero-order valence-electron chi connectivity index (χ0n) is 9.14. The number of carboxylic acids is 1. The summed E-state index contributed by atoms with van der Waals surface area (Å²) in [6.07, 6.45) is 0.474. The Balaban J connectivity index is 3.08. The molecule has 0 radical (unpaired) electrons. The standard InChI is InChI=1S/C11H13NO4/c1-8-3-4-9(10(5-8)16-2)12(7-13)6-11(14)15/h3-5,7H,6H2,1-2H3,(H,14,15). The molecular formula is C11H13NO4. The number of aryl methyl sites for hydroxylation is 1. The molecule has 5 heteroatoms. The van der Waals surface area contributed by atoms with Crippen LogP contribution in [0.4, 0.5) is 5.69 Å². The summed E-state index contributed by atoms with van der Waals surface area (Å²) in [6, 6.07) is 5.19. The van der Waals surface area contributed by atoms with Gasteiger partial charge < -0.3 is 14.7 Å². The second-order valence-electron chi connectivity index (χ2n) is 3.30. The van der Waals surface area contributed by atoms with Gasteiger partial charge in [-0.05, 0) is 24.6 Å². The first kappa shape index (κ1) is 12.0. The molecule has 1 aromatic carbocycles. The number of nitrogens with zero attached hydrogens (tertiary/aromatic N) is 1. The van der Waals surface area contributed by atoms with Crippen LogP contribution in [-0.4, -0.2) is 31.1 Å². The number of carbonyl (C=O) groups is 2. The zero-order chi connectivity index (χ0) is 12.1. The van der Waals surface area contributed by atoms with Crippen LogP contribution >= 0.6 is 0 Å². The Morgan fingerprint density at radius 1 is 1.56 bits per heavy atom. The van der Waals surface area contributed by atoms with Crippen molar-refractivity contribution in [2.45, 2.75) is 6.92 Å². The molecule has 1 aromatic rings. The molecular weight excluding hydrogens is 210 g/mol. The highest BCUT2D eigenvalue weighted by atomic mass is 16.5. The number of anilines is 1. The van der Waals surface area contributed by atoms with Crippen molar-refractivity contribution in [1.29, 1.82) is 0 Å². The van der Waals surface area contributed by atoms with Crippen LogP contribution < -0.4 is 9.64 Å². The zero-order valence-corrected chi connectivity index (χ0v) is 9.14. The van der Waals surface area contributed by atoms with E-state index in [9.17, 15) is 9.59 Å². The molecule has 0 unspecified atom stereocenters. The Labute approximate surface area is 93.2 Å². The van der Waals surface area contributed by atoms with E-state index in [1.54, 1.807) is 18.2 Å². The van der Waals surface area contributed by atoms with Gasteiger partial charge in [0.05, 0.1) is 12.8 Å². The van der Waals surface area contributed by atoms with Crippen LogP contribution in [0.25, 0.3) is 0 Å². The summed E-state index contributed by atoms with van der Waals surface area (Å²) in [6.45, 7) is 1.50. The quantitative estimate of drug-likeness (QED) is 0.758. The van der Waals surface area contributed by atoms with Gasteiger partial charge >= 0.3 is 5.97 Å². The first-order chi connectivity index (χ1) is 7.58. The van der Waals surface area contributed by atoms with Crippen molar-refractivity contribution in [3.8, 4) is 5.75 Å². The van der Waals surface area contributed by atoms with Crippen LogP contribution in [0.15, 0.2) is 18.2 Å². The van der Waals surface area contributed by atoms with Gasteiger partial charge in [-0.1, -0.05) is 6.07 Å². The highest BCUT2D eigenvalue weighted by Crippen LogP contribution is 2.28. The van der Waals surface area contributed by atoms with E-state index in [1.165, 1.54) is 7.11 Å². The lowest BCUT2D eigenvalue weighted by molar-refractivity contribution is -0.136. The minimum absolute atomic E-state index is 0.386. The second-order valence-corrected chi connectivity index (χ2v) is 3.30. The smallest absolute Gasteiger partial charge is 0.323 e. The van der Waals surface area contributed by atoms with Crippen molar-refractivity contribution in [2.75, 3.05) is 18.6 Å². The van der Waals surface area contributed by atoms with E-state index in [1.807, 2.05) is 6.92 Å². The molecule has 0 aliphatic carbocycles. The number of carbonyl (C=O) groups excluding carboxylic acids is 1. The monoisotopic (exact) mass is 223 g/mol. The fourth-order valence-electron chi connectivity index (χ4n) is 1.35. The molecule has 0 saturated heterocycles. The van der Waals surface area contributed by atoms with Gasteiger partial charge in [0.15, 0.2) is 0 Å². The summed E-state index contributed by atoms with van der Waals surface area (Å²) < 4.78 is 5.10. The van der Waals surface area contributed by atoms with Crippen LogP contribution in [0.3, 0.4) is 0 Å². The molecule has 0 spiro atoms. The topological polar surface area (TPSA) is 66.8 Å². The third-order valence-electron chi connectivity index (χ3n) is 2.08. The van der Waals surface area contributed by atoms with Crippen LogP contribution in [0.5, 0.6) is 5.75 Å². The number of hydrogen-bond donors (Lipinski definition) is 1. The fourth-order valence-corrected chi connectivity index (χ4v) is 1.35. The minimum atomic E-state index is -1.07. The van der Waals surface area contributed by atoms with E-state index in [0.717, 1.165) is 10.5 Å². The molecule has 0 fully saturated rings. The molecule has 0 aromatic heterocycles. The van der Waals surface area contributed by atoms with Crippen molar-refractivity contribution in [3.63, 3.8) is 0 Å². The third kappa shape index (κ3) is 2.73. The van der Waals surface area contributed by atoms with E-state index < -0.39 is 5.97 Å². The van der Waals surface area contributed by atoms with Gasteiger partial charge in [0.1, 0.15) is 12.3 Å². The van der Waals surface area contributed by atoms with Crippen LogP contribution in [0.2, 0.25) is 0 Å². The largest absolute Gasteiger partial charge is 0.495 e. The lowest BCUT2D eigenvalue weighted by Crippen LogP contribution is -2.28. The normalized spacial score (nSPS) is 9.62. The van der Waals surface area contributed by atoms with E-state index >= 15 is 0 Å². The van der Waals surface area contributed by atoms with Crippen LogP contribution in [0.1, 0.15) is 5.56 Å². The third-order valence-corrected chi connectivity index (χ3v) is 2.08. The van der Waals surface area contributed by atoms with E-state index in [4.69, 9.17) is 9.84 Å². The Kier molecular flexibility index (Phi) is 3.88. The van der Waals surface area contributed by atoms with Crippen molar-refractivity contribution >= 4 is 18.1 Å². The maximum Gasteiger partial charge on any atom is 0.323 e. The lowest BCUT2D eigenvalue weighted by atomic mass is 10.2. The number of methoxy groups -OCH3 is 1. The Hall–Kier alpha value is -2.04. The number of benzene rings is 1. The van der Waals surface area contributed by atoms with Gasteiger partial charge in [-0.3, -0.25) is 9.59 Å². The molecule has 0 aliphatic rings. The molecule has 1 N–H and O–H groups in total. The molecule has 1 amide bonds. The first-order valence-corrected chi connectivity index (χ1v) is 4.67. The molecule has 86 valence electrons. The van der Waals surface area contributed by atoms with Gasteiger partial charge in [0, 0.05) is 0 Å². The number of hydrogen-bond acceptors (Lipinski definition) is 3. The summed E-state index contributed by atoms with van der Waals surface area (Å²) in [5.41, 5.74) is 1.42. The highest BCUT2D eigenvalue weighted by molar-refractivity contribution is 5.86. The average Bonchev–Trinajstić information content (AvgIpc) is 2.25. The lowest BCUT2D eigenvalue weighted by Gasteiger charge is -2.18. The van der Waals surface area contributed by atoms with E-state index in [-0.39, 0.29) is 6.54 Å². The fraction of sp³-hybridized carbons (Fsp3) is 0.273. The van der Waals surface area contributed by atoms with Gasteiger partial charge in [0.25, 0.3) is 0 Å². The predicted molar refractivity (Wildman–Crippen MR) is 58.8 cm³/mol. The first-order valence-electron chi connectivity index (χ1n) is 4.67. The maximum absolute atomic E-state index is 10.8. The summed E-state index contributed by atoms with van der Waals surface area (Å²) >= 11 is 0. The summed E-state index contributed by atoms with van der Waals surface area (Å²) in [7, 11) is 1.47. The highest BCUT2D eigenvalue weighted by Gasteiger charge is 2.14. The SMILES string of the molecule is COc1cc(C)ccc1N(C=O)CC(=O)O. The molecule has 16 heavy (non-hydrogen) atoms. The van der Waals surface area contributed by atoms with Crippen molar-refractivity contribution in [1.82, 2.24) is 0 Å². The second kappa shape index (κ2) is 5.16. The van der Waals surface area contributed by atoms with E-state index in [0.29, 0.717) is 17.8 Å². The maximum atomic E-state index is 10.8. The number of aliphatic carboxylic acids is 1. The van der Waals surface area contributed by atoms with Crippen molar-refractivity contribution in [2.24, 2.45) is 0 Å². The summed E-state index contributed by atoms with van der Waals surface area (Å²) in [5, 5.41) is 8.65. The Bertz CT molecular complexity index is 403. The molecule has 5 nitrogen and oxygen atoms in total. The Morgan fingerprint density at radius 2 is 2.25 bits per heavy atom. The van der Waals surface area contributed by atoms with Crippen LogP contribution in [-0.2, 0) is 9.59 Å². The minimum Gasteiger partial charge on any atom is -0.495 e. The summed E-state index contributed by atoms with van der Waals surface area (Å²) in [4.78, 5) is 22.5. The van der Waals surface area contributed by atoms with Crippen molar-refractivity contribution < 1.29 is 19.4 Å². The van der Waals surface area contributed by atoms with Gasteiger partial charge in [-0.25, -0.2) is 0 Å². The van der Waals surface area contributed by atoms with Crippen molar-refractivity contribution in [3.05, 3.63) is 23.8 Å². The average molecular weight is 223 g/mol. The number of ether oxygens (including phenoxy) is 1. The number of carboxylic acid groups (broad SMARTS) is 1. The number of amides is 1. The van der Waals surface area contributed by atoms with Gasteiger partial charge in [-0.2, -0.15) is 0 Å². The molecule has 0 atom stereocenters. The molecule has 0 saturated carbocycles. The van der Waals surface area contributed by atoms with E-state index in [2.05, 4.69) is 0 Å². The molecule has 0 bridgehead atoms. The van der Waals surface area contributed by atoms with Crippen LogP contribution in [0, 0.1) is 6.92 Å². The molecule has 0 aliphatic heterocycles. The van der Waals surface area contributed by atoms with Gasteiger partial charge in [-0.15, -0.1) is 0 Å². The number of rotatable bonds is 5.